The molecule has 0 aromatic heterocycles. The molecule has 0 radical (unpaired) electrons. The van der Waals surface area contributed by atoms with E-state index in [0.717, 1.165) is 17.8 Å². The van der Waals surface area contributed by atoms with Gasteiger partial charge in [0, 0.05) is 6.42 Å². The molecule has 3 heteroatoms. The Balaban J connectivity index is 1.62. The molecular formula is C21H35F3. The first-order valence-electron chi connectivity index (χ1n) is 10.2. The molecule has 0 nitrogen and oxygen atoms in total. The molecule has 2 aliphatic rings. The predicted molar refractivity (Wildman–Crippen MR) is 94.9 cm³/mol. The van der Waals surface area contributed by atoms with Crippen molar-refractivity contribution < 1.29 is 13.2 Å². The molecule has 0 aromatic carbocycles. The largest absolute Gasteiger partial charge is 0.389 e. The van der Waals surface area contributed by atoms with Crippen LogP contribution in [0.25, 0.3) is 0 Å². The summed E-state index contributed by atoms with van der Waals surface area (Å²) in [5.74, 6) is 3.32. The summed E-state index contributed by atoms with van der Waals surface area (Å²) in [4.78, 5) is 0. The zero-order valence-corrected chi connectivity index (χ0v) is 15.3. The van der Waals surface area contributed by atoms with Crippen molar-refractivity contribution in [1.82, 2.24) is 0 Å². The van der Waals surface area contributed by atoms with Gasteiger partial charge in [-0.15, -0.1) is 0 Å². The van der Waals surface area contributed by atoms with Gasteiger partial charge in [0.2, 0.25) is 0 Å². The van der Waals surface area contributed by atoms with Gasteiger partial charge in [-0.3, -0.25) is 0 Å². The molecule has 2 fully saturated rings. The Kier molecular flexibility index (Phi) is 8.16. The molecule has 140 valence electrons. The Hall–Kier alpha value is -0.470. The van der Waals surface area contributed by atoms with E-state index < -0.39 is 12.6 Å². The van der Waals surface area contributed by atoms with Gasteiger partial charge in [0.1, 0.15) is 0 Å². The highest BCUT2D eigenvalue weighted by Gasteiger charge is 2.30. The van der Waals surface area contributed by atoms with Crippen LogP contribution in [0, 0.1) is 23.7 Å². The van der Waals surface area contributed by atoms with Gasteiger partial charge in [-0.05, 0) is 68.6 Å². The zero-order valence-electron chi connectivity index (χ0n) is 15.3. The van der Waals surface area contributed by atoms with E-state index >= 15 is 0 Å². The van der Waals surface area contributed by atoms with Crippen molar-refractivity contribution in [2.75, 3.05) is 0 Å². The monoisotopic (exact) mass is 344 g/mol. The number of halogens is 3. The molecule has 0 atom stereocenters. The highest BCUT2D eigenvalue weighted by molar-refractivity contribution is 4.92. The third-order valence-electron chi connectivity index (χ3n) is 6.34. The molecule has 0 saturated heterocycles. The lowest BCUT2D eigenvalue weighted by molar-refractivity contribution is -0.133. The number of hydrogen-bond donors (Lipinski definition) is 0. The molecule has 0 N–H and O–H groups in total. The minimum Gasteiger partial charge on any atom is -0.171 e. The van der Waals surface area contributed by atoms with Crippen molar-refractivity contribution in [1.29, 1.82) is 0 Å². The lowest BCUT2D eigenvalue weighted by atomic mass is 9.68. The average molecular weight is 345 g/mol. The summed E-state index contributed by atoms with van der Waals surface area (Å²) in [5, 5.41) is 0. The van der Waals surface area contributed by atoms with Crippen LogP contribution in [0.1, 0.15) is 90.4 Å². The zero-order chi connectivity index (χ0) is 17.4. The van der Waals surface area contributed by atoms with E-state index in [9.17, 15) is 13.2 Å². The van der Waals surface area contributed by atoms with E-state index in [1.165, 1.54) is 70.6 Å². The van der Waals surface area contributed by atoms with Crippen LogP contribution < -0.4 is 0 Å². The fourth-order valence-electron chi connectivity index (χ4n) is 4.79. The molecule has 0 spiro atoms. The molecule has 0 heterocycles. The van der Waals surface area contributed by atoms with E-state index in [4.69, 9.17) is 0 Å². The summed E-state index contributed by atoms with van der Waals surface area (Å²) in [5.41, 5.74) is 0. The van der Waals surface area contributed by atoms with Crippen LogP contribution in [0.2, 0.25) is 0 Å². The van der Waals surface area contributed by atoms with Crippen molar-refractivity contribution in [3.63, 3.8) is 0 Å². The standard InChI is InChI=1S/C21H35F3/c1-2-3-6-17-8-12-19(13-9-17)20-14-10-18(11-15-20)7-4-5-16-21(22,23)24/h4,7,17-20H,2-3,5-6,8-16H2,1H3. The highest BCUT2D eigenvalue weighted by atomic mass is 19.4. The molecule has 2 aliphatic carbocycles. The van der Waals surface area contributed by atoms with Crippen LogP contribution in [0.5, 0.6) is 0 Å². The first-order valence-corrected chi connectivity index (χ1v) is 10.2. The van der Waals surface area contributed by atoms with Crippen molar-refractivity contribution >= 4 is 0 Å². The van der Waals surface area contributed by atoms with E-state index in [1.807, 2.05) is 0 Å². The number of unbranched alkanes of at least 4 members (excludes halogenated alkanes) is 1. The molecule has 0 aliphatic heterocycles. The number of alkyl halides is 3. The molecule has 0 amide bonds. The molecular weight excluding hydrogens is 309 g/mol. The van der Waals surface area contributed by atoms with Crippen molar-refractivity contribution in [3.8, 4) is 0 Å². The normalized spacial score (nSPS) is 32.3. The Morgan fingerprint density at radius 2 is 1.46 bits per heavy atom. The molecule has 0 bridgehead atoms. The highest BCUT2D eigenvalue weighted by Crippen LogP contribution is 2.42. The van der Waals surface area contributed by atoms with Crippen molar-refractivity contribution in [2.45, 2.75) is 96.6 Å². The second-order valence-electron chi connectivity index (χ2n) is 8.18. The Morgan fingerprint density at radius 1 is 0.875 bits per heavy atom. The summed E-state index contributed by atoms with van der Waals surface area (Å²) in [6, 6.07) is 0. The summed E-state index contributed by atoms with van der Waals surface area (Å²) in [6.45, 7) is 2.28. The lowest BCUT2D eigenvalue weighted by Gasteiger charge is -2.37. The summed E-state index contributed by atoms with van der Waals surface area (Å²) in [7, 11) is 0. The van der Waals surface area contributed by atoms with Gasteiger partial charge in [0.05, 0.1) is 0 Å². The molecule has 0 aromatic rings. The Labute approximate surface area is 146 Å². The fourth-order valence-corrected chi connectivity index (χ4v) is 4.79. The minimum atomic E-state index is -4.02. The van der Waals surface area contributed by atoms with Crippen molar-refractivity contribution in [2.24, 2.45) is 23.7 Å². The minimum absolute atomic E-state index is 0.144. The maximum atomic E-state index is 12.1. The molecule has 2 rings (SSSR count). The fraction of sp³-hybridized carbons (Fsp3) is 0.905. The number of allylic oxidation sites excluding steroid dienone is 2. The Morgan fingerprint density at radius 3 is 2.00 bits per heavy atom. The molecule has 24 heavy (non-hydrogen) atoms. The average Bonchev–Trinajstić information content (AvgIpc) is 2.57. The van der Waals surface area contributed by atoms with Gasteiger partial charge in [-0.25, -0.2) is 0 Å². The van der Waals surface area contributed by atoms with Crippen LogP contribution in [-0.4, -0.2) is 6.18 Å². The Bertz CT molecular complexity index is 356. The van der Waals surface area contributed by atoms with Gasteiger partial charge < -0.3 is 0 Å². The van der Waals surface area contributed by atoms with Gasteiger partial charge in [-0.2, -0.15) is 13.2 Å². The van der Waals surface area contributed by atoms with Gasteiger partial charge in [0.15, 0.2) is 0 Å². The van der Waals surface area contributed by atoms with Crippen LogP contribution in [0.3, 0.4) is 0 Å². The van der Waals surface area contributed by atoms with E-state index in [2.05, 4.69) is 13.0 Å². The SMILES string of the molecule is CCCCC1CCC(C2CCC(C=CCCC(F)(F)F)CC2)CC1. The summed E-state index contributed by atoms with van der Waals surface area (Å²) in [6.07, 6.45) is 14.1. The lowest BCUT2D eigenvalue weighted by Crippen LogP contribution is -2.25. The quantitative estimate of drug-likeness (QED) is 0.415. The predicted octanol–water partition coefficient (Wildman–Crippen LogP) is 7.69. The number of rotatable bonds is 7. The first kappa shape index (κ1) is 19.8. The summed E-state index contributed by atoms with van der Waals surface area (Å²) < 4.78 is 36.4. The van der Waals surface area contributed by atoms with E-state index in [1.54, 1.807) is 6.08 Å². The second-order valence-corrected chi connectivity index (χ2v) is 8.18. The van der Waals surface area contributed by atoms with Gasteiger partial charge in [0.25, 0.3) is 0 Å². The second kappa shape index (κ2) is 9.87. The third-order valence-corrected chi connectivity index (χ3v) is 6.34. The van der Waals surface area contributed by atoms with Crippen LogP contribution in [0.4, 0.5) is 13.2 Å². The topological polar surface area (TPSA) is 0 Å². The molecule has 0 unspecified atom stereocenters. The van der Waals surface area contributed by atoms with Crippen molar-refractivity contribution in [3.05, 3.63) is 12.2 Å². The van der Waals surface area contributed by atoms with E-state index in [0.29, 0.717) is 5.92 Å². The maximum Gasteiger partial charge on any atom is 0.389 e. The maximum absolute atomic E-state index is 12.1. The van der Waals surface area contributed by atoms with Crippen LogP contribution in [0.15, 0.2) is 12.2 Å². The van der Waals surface area contributed by atoms with E-state index in [-0.39, 0.29) is 6.42 Å². The first-order chi connectivity index (χ1) is 11.5. The smallest absolute Gasteiger partial charge is 0.171 e. The molecule has 2 saturated carbocycles. The van der Waals surface area contributed by atoms with Crippen LogP contribution in [-0.2, 0) is 0 Å². The van der Waals surface area contributed by atoms with Gasteiger partial charge in [-0.1, -0.05) is 51.2 Å². The number of hydrogen-bond acceptors (Lipinski definition) is 0. The third kappa shape index (κ3) is 7.19. The van der Waals surface area contributed by atoms with Crippen LogP contribution >= 0.6 is 0 Å². The summed E-state index contributed by atoms with van der Waals surface area (Å²) >= 11 is 0. The van der Waals surface area contributed by atoms with Gasteiger partial charge >= 0.3 is 6.18 Å².